The Morgan fingerprint density at radius 1 is 1.38 bits per heavy atom. The van der Waals surface area contributed by atoms with E-state index in [4.69, 9.17) is 14.9 Å². The Balaban J connectivity index is 2.06. The number of benzene rings is 1. The van der Waals surface area contributed by atoms with E-state index in [0.717, 1.165) is 17.0 Å². The lowest BCUT2D eigenvalue weighted by atomic mass is 10.2. The van der Waals surface area contributed by atoms with Crippen molar-refractivity contribution in [2.75, 3.05) is 18.2 Å². The fraction of sp³-hybridized carbons (Fsp3) is 0.167. The van der Waals surface area contributed by atoms with Crippen LogP contribution in [0, 0.1) is 0 Å². The van der Waals surface area contributed by atoms with Gasteiger partial charge in [-0.15, -0.1) is 0 Å². The maximum absolute atomic E-state index is 5.75. The largest absolute Gasteiger partial charge is 0.497 e. The molecule has 0 radical (unpaired) electrons. The molecule has 1 aromatic heterocycles. The van der Waals surface area contributed by atoms with E-state index in [2.05, 4.69) is 5.32 Å². The first kappa shape index (κ1) is 10.4. The molecule has 4 heteroatoms. The molecule has 0 atom stereocenters. The van der Waals surface area contributed by atoms with Crippen molar-refractivity contribution in [2.24, 2.45) is 0 Å². The summed E-state index contributed by atoms with van der Waals surface area (Å²) in [7, 11) is 1.62. The van der Waals surface area contributed by atoms with Crippen LogP contribution in [0.15, 0.2) is 41.2 Å². The normalized spacial score (nSPS) is 10.1. The zero-order chi connectivity index (χ0) is 11.4. The molecule has 4 nitrogen and oxygen atoms in total. The maximum Gasteiger partial charge on any atom is 0.122 e. The summed E-state index contributed by atoms with van der Waals surface area (Å²) < 4.78 is 10.1. The molecule has 3 N–H and O–H groups in total. The number of hydrogen-bond acceptors (Lipinski definition) is 4. The molecule has 2 rings (SSSR count). The lowest BCUT2D eigenvalue weighted by molar-refractivity contribution is 0.415. The van der Waals surface area contributed by atoms with Crippen LogP contribution in [0.25, 0.3) is 0 Å². The van der Waals surface area contributed by atoms with Crippen LogP contribution in [0.5, 0.6) is 5.75 Å². The first-order valence-corrected chi connectivity index (χ1v) is 4.97. The van der Waals surface area contributed by atoms with E-state index in [1.807, 2.05) is 18.2 Å². The van der Waals surface area contributed by atoms with Gasteiger partial charge in [0.15, 0.2) is 0 Å². The molecule has 0 aliphatic heterocycles. The van der Waals surface area contributed by atoms with Crippen molar-refractivity contribution in [3.63, 3.8) is 0 Å². The molecule has 0 amide bonds. The van der Waals surface area contributed by atoms with Crippen LogP contribution in [0.3, 0.4) is 0 Å². The average Bonchev–Trinajstić information content (AvgIpc) is 2.78. The molecule has 0 unspecified atom stereocenters. The third-order valence-corrected chi connectivity index (χ3v) is 2.24. The van der Waals surface area contributed by atoms with Gasteiger partial charge in [0.2, 0.25) is 0 Å². The summed E-state index contributed by atoms with van der Waals surface area (Å²) in [6, 6.07) is 7.46. The van der Waals surface area contributed by atoms with Crippen molar-refractivity contribution >= 4 is 11.4 Å². The van der Waals surface area contributed by atoms with Gasteiger partial charge in [0.1, 0.15) is 5.75 Å². The van der Waals surface area contributed by atoms with Crippen molar-refractivity contribution in [1.82, 2.24) is 0 Å². The maximum atomic E-state index is 5.75. The molecule has 0 saturated carbocycles. The lowest BCUT2D eigenvalue weighted by Gasteiger charge is -2.08. The third kappa shape index (κ3) is 2.48. The van der Waals surface area contributed by atoms with E-state index >= 15 is 0 Å². The molecule has 2 aromatic rings. The molecular weight excluding hydrogens is 204 g/mol. The monoisotopic (exact) mass is 218 g/mol. The topological polar surface area (TPSA) is 60.4 Å². The van der Waals surface area contributed by atoms with Crippen molar-refractivity contribution in [1.29, 1.82) is 0 Å². The number of anilines is 2. The lowest BCUT2D eigenvalue weighted by Crippen LogP contribution is -1.99. The molecule has 0 aliphatic carbocycles. The molecule has 1 heterocycles. The van der Waals surface area contributed by atoms with Crippen LogP contribution >= 0.6 is 0 Å². The van der Waals surface area contributed by atoms with Crippen molar-refractivity contribution in [3.05, 3.63) is 42.4 Å². The summed E-state index contributed by atoms with van der Waals surface area (Å²) in [4.78, 5) is 0. The second-order valence-corrected chi connectivity index (χ2v) is 3.48. The van der Waals surface area contributed by atoms with Gasteiger partial charge in [-0.1, -0.05) is 0 Å². The van der Waals surface area contributed by atoms with Gasteiger partial charge in [0.05, 0.1) is 19.6 Å². The van der Waals surface area contributed by atoms with E-state index in [-0.39, 0.29) is 0 Å². The molecule has 1 aromatic carbocycles. The summed E-state index contributed by atoms with van der Waals surface area (Å²) in [5.74, 6) is 0.745. The van der Waals surface area contributed by atoms with Crippen molar-refractivity contribution in [2.45, 2.75) is 6.54 Å². The van der Waals surface area contributed by atoms with Gasteiger partial charge < -0.3 is 20.2 Å². The highest BCUT2D eigenvalue weighted by molar-refractivity contribution is 5.59. The highest BCUT2D eigenvalue weighted by atomic mass is 16.5. The molecule has 84 valence electrons. The second-order valence-electron chi connectivity index (χ2n) is 3.48. The first-order valence-electron chi connectivity index (χ1n) is 4.97. The summed E-state index contributed by atoms with van der Waals surface area (Å²) in [6.07, 6.45) is 3.35. The van der Waals surface area contributed by atoms with Gasteiger partial charge in [-0.3, -0.25) is 0 Å². The van der Waals surface area contributed by atoms with E-state index in [0.29, 0.717) is 12.2 Å². The van der Waals surface area contributed by atoms with Crippen molar-refractivity contribution < 1.29 is 9.15 Å². The Bertz CT molecular complexity index is 452. The summed E-state index contributed by atoms with van der Waals surface area (Å²) in [6.45, 7) is 0.698. The number of ether oxygens (including phenoxy) is 1. The molecule has 0 saturated heterocycles. The summed E-state index contributed by atoms with van der Waals surface area (Å²) >= 11 is 0. The zero-order valence-electron chi connectivity index (χ0n) is 9.07. The smallest absolute Gasteiger partial charge is 0.122 e. The Labute approximate surface area is 94.0 Å². The number of rotatable bonds is 4. The van der Waals surface area contributed by atoms with Gasteiger partial charge in [-0.05, 0) is 12.1 Å². The number of nitrogens with one attached hydrogen (secondary N) is 1. The highest BCUT2D eigenvalue weighted by Gasteiger charge is 1.99. The van der Waals surface area contributed by atoms with Crippen LogP contribution in [-0.4, -0.2) is 7.11 Å². The Kier molecular flexibility index (Phi) is 3.00. The molecule has 16 heavy (non-hydrogen) atoms. The fourth-order valence-corrected chi connectivity index (χ4v) is 1.44. The molecule has 0 fully saturated rings. The first-order chi connectivity index (χ1) is 7.78. The number of methoxy groups -OCH3 is 1. The van der Waals surface area contributed by atoms with E-state index in [1.54, 1.807) is 25.7 Å². The van der Waals surface area contributed by atoms with E-state index in [1.165, 1.54) is 0 Å². The van der Waals surface area contributed by atoms with Gasteiger partial charge in [0, 0.05) is 35.6 Å². The van der Waals surface area contributed by atoms with Gasteiger partial charge >= 0.3 is 0 Å². The number of hydrogen-bond donors (Lipinski definition) is 2. The van der Waals surface area contributed by atoms with Crippen LogP contribution in [0.2, 0.25) is 0 Å². The molecule has 0 bridgehead atoms. The fourth-order valence-electron chi connectivity index (χ4n) is 1.44. The minimum Gasteiger partial charge on any atom is -0.497 e. The molecular formula is C12H14N2O2. The number of nitrogen functional groups attached to an aromatic ring is 1. The minimum atomic E-state index is 0.675. The quantitative estimate of drug-likeness (QED) is 0.774. The summed E-state index contributed by atoms with van der Waals surface area (Å²) in [5, 5.41) is 3.24. The van der Waals surface area contributed by atoms with Crippen LogP contribution < -0.4 is 15.8 Å². The number of furan rings is 1. The van der Waals surface area contributed by atoms with Crippen LogP contribution in [-0.2, 0) is 6.54 Å². The molecule has 0 aliphatic rings. The Morgan fingerprint density at radius 2 is 2.25 bits per heavy atom. The van der Waals surface area contributed by atoms with Crippen LogP contribution in [0.4, 0.5) is 11.4 Å². The van der Waals surface area contributed by atoms with Gasteiger partial charge in [0.25, 0.3) is 0 Å². The van der Waals surface area contributed by atoms with Gasteiger partial charge in [-0.25, -0.2) is 0 Å². The van der Waals surface area contributed by atoms with Gasteiger partial charge in [-0.2, -0.15) is 0 Å². The number of nitrogens with two attached hydrogens (primary N) is 1. The predicted molar refractivity (Wildman–Crippen MR) is 63.4 cm³/mol. The Hall–Kier alpha value is -2.10. The van der Waals surface area contributed by atoms with Crippen molar-refractivity contribution in [3.8, 4) is 5.75 Å². The second kappa shape index (κ2) is 4.61. The zero-order valence-corrected chi connectivity index (χ0v) is 9.07. The third-order valence-electron chi connectivity index (χ3n) is 2.24. The molecule has 0 spiro atoms. The SMILES string of the molecule is COc1cc(N)cc(NCc2ccoc2)c1. The Morgan fingerprint density at radius 3 is 2.94 bits per heavy atom. The van der Waals surface area contributed by atoms with Crippen LogP contribution in [0.1, 0.15) is 5.56 Å². The van der Waals surface area contributed by atoms with E-state index < -0.39 is 0 Å². The predicted octanol–water partition coefficient (Wildman–Crippen LogP) is 2.48. The standard InChI is InChI=1S/C12H14N2O2/c1-15-12-5-10(13)4-11(6-12)14-7-9-2-3-16-8-9/h2-6,8,14H,7,13H2,1H3. The average molecular weight is 218 g/mol. The summed E-state index contributed by atoms with van der Waals surface area (Å²) in [5.41, 5.74) is 8.43. The van der Waals surface area contributed by atoms with E-state index in [9.17, 15) is 0 Å². The highest BCUT2D eigenvalue weighted by Crippen LogP contribution is 2.22. The minimum absolute atomic E-state index is 0.675.